The summed E-state index contributed by atoms with van der Waals surface area (Å²) in [4.78, 5) is 29.4. The van der Waals surface area contributed by atoms with Crippen molar-refractivity contribution in [3.8, 4) is 0 Å². The number of fused-ring (bicyclic) bond motifs is 1. The van der Waals surface area contributed by atoms with Crippen LogP contribution in [0.25, 0.3) is 0 Å². The lowest BCUT2D eigenvalue weighted by molar-refractivity contribution is -0.118. The summed E-state index contributed by atoms with van der Waals surface area (Å²) in [5.74, 6) is 0.476. The highest BCUT2D eigenvalue weighted by molar-refractivity contribution is 6.02. The van der Waals surface area contributed by atoms with Gasteiger partial charge in [-0.15, -0.1) is 0 Å². The predicted octanol–water partition coefficient (Wildman–Crippen LogP) is 3.93. The predicted molar refractivity (Wildman–Crippen MR) is 114 cm³/mol. The van der Waals surface area contributed by atoms with Crippen molar-refractivity contribution in [2.45, 2.75) is 51.5 Å². The van der Waals surface area contributed by atoms with Crippen LogP contribution >= 0.6 is 0 Å². The van der Waals surface area contributed by atoms with Crippen LogP contribution in [-0.4, -0.2) is 36.2 Å². The fourth-order valence-electron chi connectivity index (χ4n) is 5.19. The number of anilines is 1. The SMILES string of the molecule is O=C(CCCN1CCCc2ccccc2C1)c1cc2c3c(c1)CCN3C(=O)CC2. The fourth-order valence-corrected chi connectivity index (χ4v) is 5.19. The summed E-state index contributed by atoms with van der Waals surface area (Å²) < 4.78 is 0. The van der Waals surface area contributed by atoms with E-state index in [-0.39, 0.29) is 11.7 Å². The molecular formula is C25H28N2O2. The minimum Gasteiger partial charge on any atom is -0.312 e. The first kappa shape index (κ1) is 18.6. The zero-order valence-electron chi connectivity index (χ0n) is 17.0. The Morgan fingerprint density at radius 3 is 2.55 bits per heavy atom. The van der Waals surface area contributed by atoms with Crippen molar-refractivity contribution < 1.29 is 9.59 Å². The summed E-state index contributed by atoms with van der Waals surface area (Å²) in [5, 5.41) is 0. The van der Waals surface area contributed by atoms with Gasteiger partial charge in [-0.3, -0.25) is 14.5 Å². The number of hydrogen-bond donors (Lipinski definition) is 0. The van der Waals surface area contributed by atoms with Crippen molar-refractivity contribution in [2.75, 3.05) is 24.5 Å². The number of carbonyl (C=O) groups excluding carboxylic acids is 2. The van der Waals surface area contributed by atoms with Gasteiger partial charge in [-0.2, -0.15) is 0 Å². The molecule has 0 N–H and O–H groups in total. The van der Waals surface area contributed by atoms with Gasteiger partial charge in [0, 0.05) is 31.5 Å². The Morgan fingerprint density at radius 1 is 0.897 bits per heavy atom. The third-order valence-electron chi connectivity index (χ3n) is 6.68. The third-order valence-corrected chi connectivity index (χ3v) is 6.68. The number of hydrogen-bond acceptors (Lipinski definition) is 3. The number of amides is 1. The molecule has 4 nitrogen and oxygen atoms in total. The Balaban J connectivity index is 1.22. The lowest BCUT2D eigenvalue weighted by Crippen LogP contribution is -2.32. The monoisotopic (exact) mass is 388 g/mol. The summed E-state index contributed by atoms with van der Waals surface area (Å²) in [6.07, 6.45) is 6.06. The Bertz CT molecular complexity index is 965. The van der Waals surface area contributed by atoms with E-state index < -0.39 is 0 Å². The number of carbonyl (C=O) groups is 2. The number of nitrogens with zero attached hydrogens (tertiary/aromatic N) is 2. The summed E-state index contributed by atoms with van der Waals surface area (Å²) in [5.41, 5.74) is 7.23. The molecule has 0 unspecified atom stereocenters. The minimum atomic E-state index is 0.231. The summed E-state index contributed by atoms with van der Waals surface area (Å²) >= 11 is 0. The molecule has 0 radical (unpaired) electrons. The molecule has 3 heterocycles. The zero-order valence-corrected chi connectivity index (χ0v) is 17.0. The molecular weight excluding hydrogens is 360 g/mol. The summed E-state index contributed by atoms with van der Waals surface area (Å²) in [6, 6.07) is 12.8. The van der Waals surface area contributed by atoms with E-state index >= 15 is 0 Å². The minimum absolute atomic E-state index is 0.231. The number of aryl methyl sites for hydroxylation is 2. The van der Waals surface area contributed by atoms with Gasteiger partial charge in [0.15, 0.2) is 5.78 Å². The van der Waals surface area contributed by atoms with Gasteiger partial charge in [0.25, 0.3) is 0 Å². The zero-order chi connectivity index (χ0) is 19.8. The van der Waals surface area contributed by atoms with Crippen LogP contribution < -0.4 is 4.90 Å². The Hall–Kier alpha value is -2.46. The van der Waals surface area contributed by atoms with Crippen molar-refractivity contribution >= 4 is 17.4 Å². The van der Waals surface area contributed by atoms with E-state index in [0.717, 1.165) is 63.1 Å². The topological polar surface area (TPSA) is 40.6 Å². The van der Waals surface area contributed by atoms with Gasteiger partial charge in [-0.05, 0) is 79.6 Å². The van der Waals surface area contributed by atoms with Gasteiger partial charge in [-0.25, -0.2) is 0 Å². The number of rotatable bonds is 5. The number of Topliss-reactive ketones (excluding diaryl/α,β-unsaturated/α-hetero) is 1. The number of ketones is 1. The van der Waals surface area contributed by atoms with Crippen LogP contribution in [-0.2, 0) is 30.6 Å². The second kappa shape index (κ2) is 7.75. The molecule has 0 aliphatic carbocycles. The molecule has 0 bridgehead atoms. The first-order chi connectivity index (χ1) is 14.2. The molecule has 0 spiro atoms. The molecule has 0 fully saturated rings. The highest BCUT2D eigenvalue weighted by Crippen LogP contribution is 2.37. The van der Waals surface area contributed by atoms with Crippen molar-refractivity contribution in [3.63, 3.8) is 0 Å². The standard InChI is InChI=1S/C25H28N2O2/c28-23(8-4-13-26-12-3-7-18-5-1-2-6-21(18)17-26)22-15-19-9-10-24(29)27-14-11-20(16-22)25(19)27/h1-2,5-6,15-16H,3-4,7-14,17H2. The van der Waals surface area contributed by atoms with E-state index in [1.165, 1.54) is 28.7 Å². The van der Waals surface area contributed by atoms with Gasteiger partial charge >= 0.3 is 0 Å². The van der Waals surface area contributed by atoms with E-state index in [1.54, 1.807) is 0 Å². The van der Waals surface area contributed by atoms with Gasteiger partial charge in [0.1, 0.15) is 0 Å². The largest absolute Gasteiger partial charge is 0.312 e. The van der Waals surface area contributed by atoms with E-state index in [0.29, 0.717) is 12.8 Å². The van der Waals surface area contributed by atoms with Crippen LogP contribution in [0.5, 0.6) is 0 Å². The first-order valence-corrected chi connectivity index (χ1v) is 11.0. The molecule has 0 saturated heterocycles. The van der Waals surface area contributed by atoms with Crippen molar-refractivity contribution in [2.24, 2.45) is 0 Å². The number of benzene rings is 2. The molecule has 5 rings (SSSR count). The average Bonchev–Trinajstić information content (AvgIpc) is 3.06. The quantitative estimate of drug-likeness (QED) is 0.729. The molecule has 2 aromatic rings. The normalized spacial score (nSPS) is 18.3. The molecule has 3 aliphatic heterocycles. The maximum Gasteiger partial charge on any atom is 0.227 e. The average molecular weight is 389 g/mol. The molecule has 0 aromatic heterocycles. The van der Waals surface area contributed by atoms with Crippen LogP contribution in [0, 0.1) is 0 Å². The second-order valence-electron chi connectivity index (χ2n) is 8.61. The van der Waals surface area contributed by atoms with Gasteiger partial charge in [-0.1, -0.05) is 24.3 Å². The van der Waals surface area contributed by atoms with Gasteiger partial charge in [0.05, 0.1) is 5.69 Å². The Labute approximate surface area is 172 Å². The molecule has 3 aliphatic rings. The van der Waals surface area contributed by atoms with Gasteiger partial charge < -0.3 is 4.90 Å². The fraction of sp³-hybridized carbons (Fsp3) is 0.440. The Kier molecular flexibility index (Phi) is 4.96. The highest BCUT2D eigenvalue weighted by atomic mass is 16.2. The molecule has 2 aromatic carbocycles. The second-order valence-corrected chi connectivity index (χ2v) is 8.61. The maximum absolute atomic E-state index is 12.9. The van der Waals surface area contributed by atoms with Crippen molar-refractivity contribution in [1.29, 1.82) is 0 Å². The maximum atomic E-state index is 12.9. The van der Waals surface area contributed by atoms with E-state index in [4.69, 9.17) is 0 Å². The molecule has 0 saturated carbocycles. The lowest BCUT2D eigenvalue weighted by atomic mass is 9.94. The van der Waals surface area contributed by atoms with E-state index in [2.05, 4.69) is 29.2 Å². The van der Waals surface area contributed by atoms with E-state index in [1.807, 2.05) is 17.0 Å². The smallest absolute Gasteiger partial charge is 0.227 e. The van der Waals surface area contributed by atoms with Crippen LogP contribution in [0.3, 0.4) is 0 Å². The van der Waals surface area contributed by atoms with Crippen molar-refractivity contribution in [1.82, 2.24) is 4.90 Å². The Morgan fingerprint density at radius 2 is 1.69 bits per heavy atom. The molecule has 4 heteroatoms. The summed E-state index contributed by atoms with van der Waals surface area (Å²) in [6.45, 7) is 3.85. The van der Waals surface area contributed by atoms with Crippen LogP contribution in [0.1, 0.15) is 58.3 Å². The van der Waals surface area contributed by atoms with E-state index in [9.17, 15) is 9.59 Å². The molecule has 0 atom stereocenters. The molecule has 150 valence electrons. The van der Waals surface area contributed by atoms with Gasteiger partial charge in [0.2, 0.25) is 5.91 Å². The summed E-state index contributed by atoms with van der Waals surface area (Å²) in [7, 11) is 0. The van der Waals surface area contributed by atoms with Crippen LogP contribution in [0.15, 0.2) is 36.4 Å². The first-order valence-electron chi connectivity index (χ1n) is 11.0. The molecule has 1 amide bonds. The van der Waals surface area contributed by atoms with Crippen molar-refractivity contribution in [3.05, 3.63) is 64.2 Å². The third kappa shape index (κ3) is 3.62. The molecule has 29 heavy (non-hydrogen) atoms. The van der Waals surface area contributed by atoms with Crippen LogP contribution in [0.4, 0.5) is 5.69 Å². The highest BCUT2D eigenvalue weighted by Gasteiger charge is 2.31. The lowest BCUT2D eigenvalue weighted by Gasteiger charge is -2.25. The van der Waals surface area contributed by atoms with Crippen LogP contribution in [0.2, 0.25) is 0 Å².